The maximum Gasteiger partial charge on any atom is 0.317 e. The molecule has 1 atom stereocenters. The maximum atomic E-state index is 12.8. The van der Waals surface area contributed by atoms with Crippen LogP contribution in [0.2, 0.25) is 0 Å². The summed E-state index contributed by atoms with van der Waals surface area (Å²) >= 11 is 1.37. The van der Waals surface area contributed by atoms with Crippen LogP contribution in [0.25, 0.3) is 0 Å². The van der Waals surface area contributed by atoms with Crippen molar-refractivity contribution in [3.8, 4) is 0 Å². The zero-order chi connectivity index (χ0) is 17.5. The van der Waals surface area contributed by atoms with Crippen LogP contribution in [0.1, 0.15) is 12.5 Å². The highest BCUT2D eigenvalue weighted by atomic mass is 32.2. The first-order valence-electron chi connectivity index (χ1n) is 7.40. The van der Waals surface area contributed by atoms with Crippen molar-refractivity contribution in [3.05, 3.63) is 59.9 Å². The third-order valence-electron chi connectivity index (χ3n) is 3.23. The largest absolute Gasteiger partial charge is 0.452 e. The zero-order valence-corrected chi connectivity index (χ0v) is 14.2. The molecule has 0 aromatic heterocycles. The lowest BCUT2D eigenvalue weighted by molar-refractivity contribution is -0.150. The van der Waals surface area contributed by atoms with Gasteiger partial charge >= 0.3 is 5.97 Å². The molecule has 0 unspecified atom stereocenters. The fourth-order valence-corrected chi connectivity index (χ4v) is 2.73. The lowest BCUT2D eigenvalue weighted by Gasteiger charge is -2.13. The van der Waals surface area contributed by atoms with Crippen molar-refractivity contribution in [2.75, 3.05) is 11.1 Å². The number of rotatable bonds is 6. The molecule has 0 spiro atoms. The summed E-state index contributed by atoms with van der Waals surface area (Å²) in [5.74, 6) is -1.19. The molecule has 2 aromatic rings. The van der Waals surface area contributed by atoms with Crippen LogP contribution in [-0.4, -0.2) is 23.7 Å². The van der Waals surface area contributed by atoms with Crippen LogP contribution in [0.15, 0.2) is 53.4 Å². The first-order valence-corrected chi connectivity index (χ1v) is 8.38. The number of ether oxygens (including phenoxy) is 1. The second-order valence-electron chi connectivity index (χ2n) is 5.18. The van der Waals surface area contributed by atoms with E-state index in [1.165, 1.54) is 43.0 Å². The number of anilines is 1. The Kier molecular flexibility index (Phi) is 6.37. The summed E-state index contributed by atoms with van der Waals surface area (Å²) in [6.07, 6.45) is -0.931. The van der Waals surface area contributed by atoms with Gasteiger partial charge in [0.25, 0.3) is 5.91 Å². The van der Waals surface area contributed by atoms with Gasteiger partial charge in [0.1, 0.15) is 5.82 Å². The molecular weight excluding hydrogens is 329 g/mol. The molecule has 4 nitrogen and oxygen atoms in total. The van der Waals surface area contributed by atoms with Crippen LogP contribution in [-0.2, 0) is 14.3 Å². The van der Waals surface area contributed by atoms with Gasteiger partial charge < -0.3 is 10.1 Å². The molecule has 6 heteroatoms. The summed E-state index contributed by atoms with van der Waals surface area (Å²) in [7, 11) is 0. The van der Waals surface area contributed by atoms with Gasteiger partial charge in [-0.25, -0.2) is 4.39 Å². The number of esters is 1. The average molecular weight is 347 g/mol. The number of benzene rings is 2. The van der Waals surface area contributed by atoms with Crippen molar-refractivity contribution in [2.24, 2.45) is 0 Å². The maximum absolute atomic E-state index is 12.8. The molecule has 0 aliphatic rings. The molecule has 0 heterocycles. The van der Waals surface area contributed by atoms with E-state index in [1.54, 1.807) is 0 Å². The molecular formula is C18H18FNO3S. The van der Waals surface area contributed by atoms with Crippen molar-refractivity contribution in [1.82, 2.24) is 0 Å². The Labute approximate surface area is 144 Å². The first kappa shape index (κ1) is 18.0. The standard InChI is InChI=1S/C18H18FNO3S/c1-12-5-3-4-6-16(12)24-11-17(21)23-13(2)18(22)20-15-9-7-14(19)8-10-15/h3-10,13H,11H2,1-2H3,(H,20,22)/t13-/m0/s1. The zero-order valence-electron chi connectivity index (χ0n) is 13.4. The minimum Gasteiger partial charge on any atom is -0.452 e. The molecule has 0 bridgehead atoms. The summed E-state index contributed by atoms with van der Waals surface area (Å²) < 4.78 is 17.9. The number of aryl methyl sites for hydroxylation is 1. The fraction of sp³-hybridized carbons (Fsp3) is 0.222. The second kappa shape index (κ2) is 8.49. The van der Waals surface area contributed by atoms with Gasteiger partial charge in [-0.1, -0.05) is 18.2 Å². The van der Waals surface area contributed by atoms with Gasteiger partial charge in [0.2, 0.25) is 0 Å². The van der Waals surface area contributed by atoms with Crippen molar-refractivity contribution in [1.29, 1.82) is 0 Å². The minimum absolute atomic E-state index is 0.124. The summed E-state index contributed by atoms with van der Waals surface area (Å²) in [5.41, 5.74) is 1.52. The highest BCUT2D eigenvalue weighted by Crippen LogP contribution is 2.22. The van der Waals surface area contributed by atoms with Gasteiger partial charge in [-0.3, -0.25) is 9.59 Å². The summed E-state index contributed by atoms with van der Waals surface area (Å²) in [4.78, 5) is 24.8. The van der Waals surface area contributed by atoms with Gasteiger partial charge in [-0.15, -0.1) is 11.8 Å². The quantitative estimate of drug-likeness (QED) is 0.638. The number of carbonyl (C=O) groups excluding carboxylic acids is 2. The van der Waals surface area contributed by atoms with E-state index in [0.29, 0.717) is 5.69 Å². The Hall–Kier alpha value is -2.34. The van der Waals surface area contributed by atoms with Gasteiger partial charge in [0, 0.05) is 10.6 Å². The summed E-state index contributed by atoms with van der Waals surface area (Å²) in [6, 6.07) is 13.1. The predicted octanol–water partition coefficient (Wildman–Crippen LogP) is 3.80. The van der Waals surface area contributed by atoms with Crippen molar-refractivity contribution < 1.29 is 18.7 Å². The van der Waals surface area contributed by atoms with Crippen LogP contribution in [0.5, 0.6) is 0 Å². The third-order valence-corrected chi connectivity index (χ3v) is 4.38. The minimum atomic E-state index is -0.931. The van der Waals surface area contributed by atoms with Crippen LogP contribution in [0.4, 0.5) is 10.1 Å². The average Bonchev–Trinajstić information content (AvgIpc) is 2.56. The van der Waals surface area contributed by atoms with Crippen LogP contribution in [0, 0.1) is 12.7 Å². The fourth-order valence-electron chi connectivity index (χ4n) is 1.92. The number of amides is 1. The smallest absolute Gasteiger partial charge is 0.317 e. The SMILES string of the molecule is Cc1ccccc1SCC(=O)O[C@@H](C)C(=O)Nc1ccc(F)cc1. The molecule has 0 saturated heterocycles. The van der Waals surface area contributed by atoms with Gasteiger partial charge in [0.15, 0.2) is 6.10 Å². The molecule has 0 aliphatic heterocycles. The molecule has 0 saturated carbocycles. The molecule has 0 aliphatic carbocycles. The normalized spacial score (nSPS) is 11.6. The monoisotopic (exact) mass is 347 g/mol. The van der Waals surface area contributed by atoms with Crippen molar-refractivity contribution in [3.63, 3.8) is 0 Å². The number of thioether (sulfide) groups is 1. The Morgan fingerprint density at radius 2 is 1.83 bits per heavy atom. The molecule has 24 heavy (non-hydrogen) atoms. The molecule has 126 valence electrons. The first-order chi connectivity index (χ1) is 11.5. The van der Waals surface area contributed by atoms with Crippen LogP contribution in [0.3, 0.4) is 0 Å². The van der Waals surface area contributed by atoms with E-state index in [9.17, 15) is 14.0 Å². The second-order valence-corrected chi connectivity index (χ2v) is 6.20. The van der Waals surface area contributed by atoms with E-state index < -0.39 is 18.0 Å². The van der Waals surface area contributed by atoms with Crippen LogP contribution < -0.4 is 5.32 Å². The van der Waals surface area contributed by atoms with Crippen molar-refractivity contribution >= 4 is 29.3 Å². The van der Waals surface area contributed by atoms with E-state index >= 15 is 0 Å². The van der Waals surface area contributed by atoms with E-state index in [-0.39, 0.29) is 11.6 Å². The number of hydrogen-bond acceptors (Lipinski definition) is 4. The highest BCUT2D eigenvalue weighted by molar-refractivity contribution is 8.00. The van der Waals surface area contributed by atoms with Crippen molar-refractivity contribution in [2.45, 2.75) is 24.8 Å². The lowest BCUT2D eigenvalue weighted by Crippen LogP contribution is -2.30. The molecule has 1 amide bonds. The number of carbonyl (C=O) groups is 2. The lowest BCUT2D eigenvalue weighted by atomic mass is 10.2. The Morgan fingerprint density at radius 3 is 2.50 bits per heavy atom. The Morgan fingerprint density at radius 1 is 1.17 bits per heavy atom. The molecule has 0 radical (unpaired) electrons. The van der Waals surface area contributed by atoms with E-state index in [0.717, 1.165) is 10.5 Å². The topological polar surface area (TPSA) is 55.4 Å². The molecule has 2 rings (SSSR count). The molecule has 0 fully saturated rings. The van der Waals surface area contributed by atoms with E-state index in [2.05, 4.69) is 5.32 Å². The molecule has 1 N–H and O–H groups in total. The predicted molar refractivity (Wildman–Crippen MR) is 92.5 cm³/mol. The summed E-state index contributed by atoms with van der Waals surface area (Å²) in [5, 5.41) is 2.57. The summed E-state index contributed by atoms with van der Waals surface area (Å²) in [6.45, 7) is 3.46. The highest BCUT2D eigenvalue weighted by Gasteiger charge is 2.18. The van der Waals surface area contributed by atoms with Gasteiger partial charge in [-0.05, 0) is 49.7 Å². The number of nitrogens with one attached hydrogen (secondary N) is 1. The number of halogens is 1. The third kappa shape index (κ3) is 5.38. The molecule has 2 aromatic carbocycles. The van der Waals surface area contributed by atoms with Crippen LogP contribution >= 0.6 is 11.8 Å². The van der Waals surface area contributed by atoms with E-state index in [1.807, 2.05) is 31.2 Å². The van der Waals surface area contributed by atoms with E-state index in [4.69, 9.17) is 4.74 Å². The Balaban J connectivity index is 1.81. The van der Waals surface area contributed by atoms with Gasteiger partial charge in [0.05, 0.1) is 5.75 Å². The Bertz CT molecular complexity index is 718. The number of hydrogen-bond donors (Lipinski definition) is 1. The van der Waals surface area contributed by atoms with Gasteiger partial charge in [-0.2, -0.15) is 0 Å².